The Kier molecular flexibility index (Phi) is 5.01. The number of rotatable bonds is 5. The van der Waals surface area contributed by atoms with Gasteiger partial charge in [-0.1, -0.05) is 0 Å². The van der Waals surface area contributed by atoms with E-state index in [9.17, 15) is 14.4 Å². The summed E-state index contributed by atoms with van der Waals surface area (Å²) in [5.74, 6) is -2.73. The lowest BCUT2D eigenvalue weighted by Gasteiger charge is -2.14. The topological polar surface area (TPSA) is 129 Å². The van der Waals surface area contributed by atoms with Crippen LogP contribution in [-0.4, -0.2) is 39.2 Å². The third-order valence-corrected chi connectivity index (χ3v) is 2.46. The maximum absolute atomic E-state index is 11.6. The molecule has 0 aliphatic carbocycles. The minimum Gasteiger partial charge on any atom is -0.481 e. The number of aliphatic carboxylic acids is 2. The minimum absolute atomic E-state index is 0.424. The third-order valence-electron chi connectivity index (χ3n) is 2.46. The van der Waals surface area contributed by atoms with Gasteiger partial charge >= 0.3 is 18.0 Å². The number of aryl methyl sites for hydroxylation is 2. The largest absolute Gasteiger partial charge is 0.481 e. The van der Waals surface area contributed by atoms with Gasteiger partial charge in [-0.05, 0) is 26.0 Å². The van der Waals surface area contributed by atoms with Gasteiger partial charge in [0.25, 0.3) is 0 Å². The van der Waals surface area contributed by atoms with Crippen LogP contribution in [0.15, 0.2) is 12.1 Å². The maximum atomic E-state index is 11.6. The van der Waals surface area contributed by atoms with Crippen LogP contribution in [0.5, 0.6) is 0 Å². The van der Waals surface area contributed by atoms with Crippen LogP contribution in [0.25, 0.3) is 0 Å². The zero-order valence-corrected chi connectivity index (χ0v) is 11.0. The molecule has 0 radical (unpaired) electrons. The van der Waals surface area contributed by atoms with Gasteiger partial charge in [0, 0.05) is 5.69 Å². The summed E-state index contributed by atoms with van der Waals surface area (Å²) in [5, 5.41) is 21.9. The van der Waals surface area contributed by atoms with Crippen molar-refractivity contribution in [1.29, 1.82) is 0 Å². The Morgan fingerprint density at radius 1 is 1.25 bits per heavy atom. The standard InChI is InChI=1S/C12H15N3O5/c1-6-3-4-8(7(2)13-6)14-12(20)15-9(11(18)19)5-10(16)17/h3-4,9H,5H2,1-2H3,(H,16,17)(H,18,19)(H2,14,15,20). The number of nitrogens with one attached hydrogen (secondary N) is 2. The minimum atomic E-state index is -1.49. The van der Waals surface area contributed by atoms with Crippen molar-refractivity contribution in [3.63, 3.8) is 0 Å². The summed E-state index contributed by atoms with van der Waals surface area (Å²) in [6.07, 6.45) is -0.701. The van der Waals surface area contributed by atoms with Crippen LogP contribution in [0.1, 0.15) is 17.8 Å². The van der Waals surface area contributed by atoms with Crippen molar-refractivity contribution >= 4 is 23.7 Å². The molecule has 0 aliphatic heterocycles. The Balaban J connectivity index is 2.70. The number of amides is 2. The molecule has 2 amide bonds. The van der Waals surface area contributed by atoms with Crippen LogP contribution in [0.3, 0.4) is 0 Å². The second-order valence-corrected chi connectivity index (χ2v) is 4.17. The Labute approximate surface area is 114 Å². The van der Waals surface area contributed by atoms with Crippen LogP contribution < -0.4 is 10.6 Å². The lowest BCUT2D eigenvalue weighted by atomic mass is 10.2. The quantitative estimate of drug-likeness (QED) is 0.630. The van der Waals surface area contributed by atoms with Crippen LogP contribution in [0.2, 0.25) is 0 Å². The molecule has 1 aromatic rings. The zero-order chi connectivity index (χ0) is 15.3. The van der Waals surface area contributed by atoms with E-state index in [1.807, 2.05) is 0 Å². The molecule has 1 aromatic heterocycles. The SMILES string of the molecule is Cc1ccc(NC(=O)NC(CC(=O)O)C(=O)O)c(C)n1. The molecule has 0 fully saturated rings. The first kappa shape index (κ1) is 15.4. The Morgan fingerprint density at radius 2 is 1.90 bits per heavy atom. The predicted octanol–water partition coefficient (Wildman–Crippen LogP) is 0.748. The Bertz CT molecular complexity index is 544. The van der Waals surface area contributed by atoms with Gasteiger partial charge in [0.15, 0.2) is 0 Å². The molecule has 8 nitrogen and oxygen atoms in total. The number of carbonyl (C=O) groups excluding carboxylic acids is 1. The van der Waals surface area contributed by atoms with Crippen molar-refractivity contribution in [1.82, 2.24) is 10.3 Å². The zero-order valence-electron chi connectivity index (χ0n) is 11.0. The van der Waals surface area contributed by atoms with E-state index in [1.165, 1.54) is 0 Å². The Hall–Kier alpha value is -2.64. The van der Waals surface area contributed by atoms with E-state index in [2.05, 4.69) is 15.6 Å². The number of hydrogen-bond donors (Lipinski definition) is 4. The maximum Gasteiger partial charge on any atom is 0.326 e. The van der Waals surface area contributed by atoms with Gasteiger partial charge in [-0.3, -0.25) is 9.78 Å². The second kappa shape index (κ2) is 6.50. The Morgan fingerprint density at radius 3 is 2.40 bits per heavy atom. The molecule has 108 valence electrons. The summed E-state index contributed by atoms with van der Waals surface area (Å²) >= 11 is 0. The van der Waals surface area contributed by atoms with E-state index >= 15 is 0 Å². The van der Waals surface area contributed by atoms with Gasteiger partial charge in [0.05, 0.1) is 17.8 Å². The molecule has 1 unspecified atom stereocenters. The van der Waals surface area contributed by atoms with E-state index in [0.717, 1.165) is 5.69 Å². The number of nitrogens with zero attached hydrogens (tertiary/aromatic N) is 1. The average Bonchev–Trinajstić information content (AvgIpc) is 2.31. The highest BCUT2D eigenvalue weighted by Crippen LogP contribution is 2.12. The van der Waals surface area contributed by atoms with E-state index in [4.69, 9.17) is 10.2 Å². The van der Waals surface area contributed by atoms with Gasteiger partial charge in [0.2, 0.25) is 0 Å². The number of carboxylic acids is 2. The predicted molar refractivity (Wildman–Crippen MR) is 69.5 cm³/mol. The summed E-state index contributed by atoms with van der Waals surface area (Å²) in [5.41, 5.74) is 1.78. The van der Waals surface area contributed by atoms with Crippen LogP contribution in [0, 0.1) is 13.8 Å². The lowest BCUT2D eigenvalue weighted by Crippen LogP contribution is -2.44. The number of pyridine rings is 1. The van der Waals surface area contributed by atoms with Gasteiger partial charge in [-0.2, -0.15) is 0 Å². The van der Waals surface area contributed by atoms with Crippen molar-refractivity contribution < 1.29 is 24.6 Å². The molecular formula is C12H15N3O5. The average molecular weight is 281 g/mol. The first-order chi connectivity index (χ1) is 9.29. The van der Waals surface area contributed by atoms with Crippen molar-refractivity contribution in [3.8, 4) is 0 Å². The van der Waals surface area contributed by atoms with Gasteiger partial charge < -0.3 is 20.8 Å². The van der Waals surface area contributed by atoms with Gasteiger partial charge in [0.1, 0.15) is 6.04 Å². The van der Waals surface area contributed by atoms with Crippen LogP contribution in [-0.2, 0) is 9.59 Å². The number of aromatic nitrogens is 1. The molecule has 1 rings (SSSR count). The van der Waals surface area contributed by atoms with Gasteiger partial charge in [-0.15, -0.1) is 0 Å². The highest BCUT2D eigenvalue weighted by molar-refractivity contribution is 5.93. The number of urea groups is 1. The van der Waals surface area contributed by atoms with Crippen molar-refractivity contribution in [2.24, 2.45) is 0 Å². The van der Waals surface area contributed by atoms with Crippen LogP contribution in [0.4, 0.5) is 10.5 Å². The molecular weight excluding hydrogens is 266 g/mol. The van der Waals surface area contributed by atoms with E-state index in [1.54, 1.807) is 26.0 Å². The molecule has 8 heteroatoms. The summed E-state index contributed by atoms with van der Waals surface area (Å²) in [7, 11) is 0. The fourth-order valence-electron chi connectivity index (χ4n) is 1.51. The fourth-order valence-corrected chi connectivity index (χ4v) is 1.51. The molecule has 1 atom stereocenters. The highest BCUT2D eigenvalue weighted by atomic mass is 16.4. The number of anilines is 1. The molecule has 0 bridgehead atoms. The number of carboxylic acid groups (broad SMARTS) is 2. The first-order valence-electron chi connectivity index (χ1n) is 5.76. The molecule has 0 spiro atoms. The van der Waals surface area contributed by atoms with Crippen LogP contribution >= 0.6 is 0 Å². The first-order valence-corrected chi connectivity index (χ1v) is 5.76. The monoisotopic (exact) mass is 281 g/mol. The molecule has 1 heterocycles. The van der Waals surface area contributed by atoms with E-state index in [0.29, 0.717) is 11.4 Å². The molecule has 0 aliphatic rings. The summed E-state index contributed by atoms with van der Waals surface area (Å²) in [6, 6.07) is 1.03. The molecule has 0 aromatic carbocycles. The fraction of sp³-hybridized carbons (Fsp3) is 0.333. The van der Waals surface area contributed by atoms with Crippen molar-refractivity contribution in [2.75, 3.05) is 5.32 Å². The van der Waals surface area contributed by atoms with E-state index < -0.39 is 30.4 Å². The lowest BCUT2D eigenvalue weighted by molar-refractivity contribution is -0.145. The summed E-state index contributed by atoms with van der Waals surface area (Å²) in [4.78, 5) is 37.1. The molecule has 4 N–H and O–H groups in total. The van der Waals surface area contributed by atoms with E-state index in [-0.39, 0.29) is 0 Å². The number of hydrogen-bond acceptors (Lipinski definition) is 4. The highest BCUT2D eigenvalue weighted by Gasteiger charge is 2.23. The summed E-state index contributed by atoms with van der Waals surface area (Å²) in [6.45, 7) is 3.48. The van der Waals surface area contributed by atoms with Crippen molar-refractivity contribution in [3.05, 3.63) is 23.5 Å². The normalized spacial score (nSPS) is 11.5. The number of carbonyl (C=O) groups is 3. The van der Waals surface area contributed by atoms with Crippen molar-refractivity contribution in [2.45, 2.75) is 26.3 Å². The smallest absolute Gasteiger partial charge is 0.326 e. The van der Waals surface area contributed by atoms with Gasteiger partial charge in [-0.25, -0.2) is 9.59 Å². The third kappa shape index (κ3) is 4.56. The second-order valence-electron chi connectivity index (χ2n) is 4.17. The summed E-state index contributed by atoms with van der Waals surface area (Å²) < 4.78 is 0. The molecule has 0 saturated carbocycles. The molecule has 20 heavy (non-hydrogen) atoms. The molecule has 0 saturated heterocycles.